The molecule has 2 heterocycles. The highest BCUT2D eigenvalue weighted by Crippen LogP contribution is 2.48. The lowest BCUT2D eigenvalue weighted by Crippen LogP contribution is -2.29. The van der Waals surface area contributed by atoms with Crippen molar-refractivity contribution in [3.8, 4) is 23.0 Å². The highest BCUT2D eigenvalue weighted by molar-refractivity contribution is 7.22. The molecule has 1 amide bonds. The maximum absolute atomic E-state index is 13.6. The maximum Gasteiger partial charge on any atom is 0.301 e. The van der Waals surface area contributed by atoms with E-state index in [9.17, 15) is 14.7 Å². The minimum Gasteiger partial charge on any atom is -0.507 e. The lowest BCUT2D eigenvalue weighted by Gasteiger charge is -2.24. The number of ether oxygens (including phenoxy) is 4. The molecule has 5 rings (SSSR count). The monoisotopic (exact) mass is 566 g/mol. The zero-order chi connectivity index (χ0) is 27.8. The fourth-order valence-electron chi connectivity index (χ4n) is 4.50. The number of aliphatic hydroxyl groups excluding tert-OH is 1. The third-order valence-electron chi connectivity index (χ3n) is 6.36. The van der Waals surface area contributed by atoms with Crippen molar-refractivity contribution in [1.29, 1.82) is 0 Å². The van der Waals surface area contributed by atoms with Crippen molar-refractivity contribution in [2.45, 2.75) is 6.04 Å². The molecule has 4 aromatic rings. The van der Waals surface area contributed by atoms with Crippen LogP contribution in [0.4, 0.5) is 5.13 Å². The van der Waals surface area contributed by atoms with E-state index in [2.05, 4.69) is 4.98 Å². The molecule has 3 aromatic carbocycles. The smallest absolute Gasteiger partial charge is 0.301 e. The van der Waals surface area contributed by atoms with Crippen LogP contribution in [0.1, 0.15) is 17.2 Å². The van der Waals surface area contributed by atoms with Gasteiger partial charge in [-0.1, -0.05) is 22.9 Å². The molecule has 1 aliphatic rings. The number of hydrogen-bond donors (Lipinski definition) is 1. The van der Waals surface area contributed by atoms with Gasteiger partial charge in [0.15, 0.2) is 16.6 Å². The van der Waals surface area contributed by atoms with Crippen LogP contribution < -0.4 is 23.8 Å². The molecule has 1 saturated heterocycles. The Balaban J connectivity index is 1.77. The van der Waals surface area contributed by atoms with Crippen LogP contribution in [-0.2, 0) is 9.59 Å². The quantitative estimate of drug-likeness (QED) is 0.175. The predicted molar refractivity (Wildman–Crippen MR) is 149 cm³/mol. The average molecular weight is 567 g/mol. The number of nitrogens with zero attached hydrogens (tertiary/aromatic N) is 2. The number of fused-ring (bicyclic) bond motifs is 1. The van der Waals surface area contributed by atoms with E-state index in [4.69, 9.17) is 30.5 Å². The van der Waals surface area contributed by atoms with Gasteiger partial charge in [0.25, 0.3) is 5.78 Å². The molecule has 39 heavy (non-hydrogen) atoms. The summed E-state index contributed by atoms with van der Waals surface area (Å²) in [5.74, 6) is -0.502. The Morgan fingerprint density at radius 3 is 2.18 bits per heavy atom. The number of Topliss-reactive ketones (excluding diaryl/α,β-unsaturated/α-hetero) is 1. The molecule has 0 radical (unpaired) electrons. The number of aliphatic hydroxyl groups is 1. The third kappa shape index (κ3) is 4.51. The number of rotatable bonds is 7. The maximum atomic E-state index is 13.6. The molecule has 1 aliphatic heterocycles. The summed E-state index contributed by atoms with van der Waals surface area (Å²) in [7, 11) is 5.93. The number of methoxy groups -OCH3 is 4. The number of benzene rings is 3. The standard InChI is InChI=1S/C28H23ClN2O7S/c1-35-17-8-5-14(6-9-17)24(32)22-23(15-11-19(36-2)26(38-4)20(12-15)37-3)31(27(34)25(22)33)28-30-18-10-7-16(29)13-21(18)39-28/h5-13,23,32H,1-4H3. The van der Waals surface area contributed by atoms with Crippen molar-refractivity contribution in [2.24, 2.45) is 0 Å². The van der Waals surface area contributed by atoms with Crippen molar-refractivity contribution in [3.05, 3.63) is 76.3 Å². The zero-order valence-corrected chi connectivity index (χ0v) is 22.9. The van der Waals surface area contributed by atoms with Crippen LogP contribution in [0.15, 0.2) is 60.2 Å². The molecule has 11 heteroatoms. The first-order valence-electron chi connectivity index (χ1n) is 11.6. The second-order valence-electron chi connectivity index (χ2n) is 8.46. The molecule has 1 fully saturated rings. The van der Waals surface area contributed by atoms with Crippen molar-refractivity contribution in [1.82, 2.24) is 4.98 Å². The lowest BCUT2D eigenvalue weighted by atomic mass is 9.94. The molecule has 0 aliphatic carbocycles. The van der Waals surface area contributed by atoms with Crippen LogP contribution in [0.5, 0.6) is 23.0 Å². The first kappa shape index (κ1) is 26.3. The molecular weight excluding hydrogens is 544 g/mol. The Morgan fingerprint density at radius 2 is 1.59 bits per heavy atom. The molecule has 0 bridgehead atoms. The van der Waals surface area contributed by atoms with Gasteiger partial charge >= 0.3 is 5.91 Å². The van der Waals surface area contributed by atoms with E-state index in [1.807, 2.05) is 0 Å². The summed E-state index contributed by atoms with van der Waals surface area (Å²) in [6, 6.07) is 13.9. The van der Waals surface area contributed by atoms with E-state index >= 15 is 0 Å². The third-order valence-corrected chi connectivity index (χ3v) is 7.61. The van der Waals surface area contributed by atoms with Crippen molar-refractivity contribution >= 4 is 55.7 Å². The summed E-state index contributed by atoms with van der Waals surface area (Å²) in [6.45, 7) is 0. The number of aromatic nitrogens is 1. The summed E-state index contributed by atoms with van der Waals surface area (Å²) < 4.78 is 22.4. The minimum absolute atomic E-state index is 0.114. The van der Waals surface area contributed by atoms with Crippen molar-refractivity contribution < 1.29 is 33.6 Å². The fourth-order valence-corrected chi connectivity index (χ4v) is 5.77. The molecule has 1 N–H and O–H groups in total. The Hall–Kier alpha value is -4.28. The largest absolute Gasteiger partial charge is 0.507 e. The minimum atomic E-state index is -1.06. The number of thiazole rings is 1. The zero-order valence-electron chi connectivity index (χ0n) is 21.4. The lowest BCUT2D eigenvalue weighted by molar-refractivity contribution is -0.132. The van der Waals surface area contributed by atoms with Crippen LogP contribution >= 0.6 is 22.9 Å². The second kappa shape index (κ2) is 10.5. The average Bonchev–Trinajstić information content (AvgIpc) is 3.49. The number of carbonyl (C=O) groups is 2. The first-order chi connectivity index (χ1) is 18.8. The summed E-state index contributed by atoms with van der Waals surface area (Å²) in [5.41, 5.74) is 1.27. The normalized spacial score (nSPS) is 16.5. The molecule has 1 atom stereocenters. The summed E-state index contributed by atoms with van der Waals surface area (Å²) >= 11 is 7.37. The highest BCUT2D eigenvalue weighted by atomic mass is 35.5. The molecule has 9 nitrogen and oxygen atoms in total. The van der Waals surface area contributed by atoms with Gasteiger partial charge in [0.05, 0.1) is 50.3 Å². The topological polar surface area (TPSA) is 107 Å². The van der Waals surface area contributed by atoms with Crippen LogP contribution in [0.3, 0.4) is 0 Å². The van der Waals surface area contributed by atoms with Gasteiger partial charge in [0, 0.05) is 10.6 Å². The molecular formula is C28H23ClN2O7S. The molecule has 200 valence electrons. The van der Waals surface area contributed by atoms with E-state index in [-0.39, 0.29) is 16.5 Å². The Labute approximate surface area is 232 Å². The van der Waals surface area contributed by atoms with E-state index in [0.717, 1.165) is 4.70 Å². The molecule has 0 saturated carbocycles. The Morgan fingerprint density at radius 1 is 0.923 bits per heavy atom. The highest BCUT2D eigenvalue weighted by Gasteiger charge is 2.48. The van der Waals surface area contributed by atoms with E-state index in [1.54, 1.807) is 54.6 Å². The van der Waals surface area contributed by atoms with Crippen LogP contribution in [-0.4, -0.2) is 50.2 Å². The fraction of sp³-hybridized carbons (Fsp3) is 0.179. The van der Waals surface area contributed by atoms with Crippen LogP contribution in [0.2, 0.25) is 5.02 Å². The van der Waals surface area contributed by atoms with Gasteiger partial charge in [-0.3, -0.25) is 14.5 Å². The summed E-state index contributed by atoms with van der Waals surface area (Å²) in [6.07, 6.45) is 0. The number of anilines is 1. The van der Waals surface area contributed by atoms with Crippen LogP contribution in [0, 0.1) is 0 Å². The second-order valence-corrected chi connectivity index (χ2v) is 9.91. The number of amides is 1. The first-order valence-corrected chi connectivity index (χ1v) is 12.8. The van der Waals surface area contributed by atoms with E-state index < -0.39 is 17.7 Å². The SMILES string of the molecule is COc1ccc(C(O)=C2C(=O)C(=O)N(c3nc4ccc(Cl)cc4s3)C2c2cc(OC)c(OC)c(OC)c2)cc1. The summed E-state index contributed by atoms with van der Waals surface area (Å²) in [5, 5.41) is 12.2. The van der Waals surface area contributed by atoms with Crippen LogP contribution in [0.25, 0.3) is 16.0 Å². The molecule has 1 aromatic heterocycles. The molecule has 0 spiro atoms. The van der Waals surface area contributed by atoms with Gasteiger partial charge in [-0.15, -0.1) is 0 Å². The number of carbonyl (C=O) groups excluding carboxylic acids is 2. The predicted octanol–water partition coefficient (Wildman–Crippen LogP) is 5.61. The van der Waals surface area contributed by atoms with Gasteiger partial charge in [-0.2, -0.15) is 0 Å². The van der Waals surface area contributed by atoms with Crippen molar-refractivity contribution in [3.63, 3.8) is 0 Å². The van der Waals surface area contributed by atoms with Gasteiger partial charge in [0.1, 0.15) is 11.5 Å². The van der Waals surface area contributed by atoms with Gasteiger partial charge in [-0.05, 0) is 60.2 Å². The van der Waals surface area contributed by atoms with Gasteiger partial charge < -0.3 is 24.1 Å². The van der Waals surface area contributed by atoms with Crippen molar-refractivity contribution in [2.75, 3.05) is 33.3 Å². The Kier molecular flexibility index (Phi) is 7.07. The van der Waals surface area contributed by atoms with E-state index in [0.29, 0.717) is 44.7 Å². The number of ketones is 1. The number of hydrogen-bond acceptors (Lipinski definition) is 9. The Bertz CT molecular complexity index is 1610. The summed E-state index contributed by atoms with van der Waals surface area (Å²) in [4.78, 5) is 33.0. The molecule has 1 unspecified atom stereocenters. The number of halogens is 1. The van der Waals surface area contributed by atoms with Gasteiger partial charge in [0.2, 0.25) is 5.75 Å². The van der Waals surface area contributed by atoms with E-state index in [1.165, 1.54) is 44.7 Å². The van der Waals surface area contributed by atoms with Gasteiger partial charge in [-0.25, -0.2) is 4.98 Å².